The van der Waals surface area contributed by atoms with Crippen LogP contribution in [0.5, 0.6) is 0 Å². The molecule has 7 nitrogen and oxygen atoms in total. The lowest BCUT2D eigenvalue weighted by molar-refractivity contribution is -0.122. The first-order chi connectivity index (χ1) is 14.2. The van der Waals surface area contributed by atoms with Crippen LogP contribution < -0.4 is 10.6 Å². The van der Waals surface area contributed by atoms with Crippen molar-refractivity contribution in [2.45, 2.75) is 50.7 Å². The Labute approximate surface area is 171 Å². The van der Waals surface area contributed by atoms with Gasteiger partial charge in [-0.25, -0.2) is 0 Å². The Morgan fingerprint density at radius 3 is 2.69 bits per heavy atom. The zero-order valence-corrected chi connectivity index (χ0v) is 16.6. The zero-order valence-electron chi connectivity index (χ0n) is 16.6. The van der Waals surface area contributed by atoms with E-state index in [1.54, 1.807) is 24.7 Å². The number of likely N-dealkylation sites (tertiary alicyclic amines) is 1. The summed E-state index contributed by atoms with van der Waals surface area (Å²) in [4.78, 5) is 34.3. The summed E-state index contributed by atoms with van der Waals surface area (Å²) < 4.78 is 0. The van der Waals surface area contributed by atoms with Gasteiger partial charge in [0, 0.05) is 56.7 Å². The van der Waals surface area contributed by atoms with Crippen molar-refractivity contribution in [1.29, 1.82) is 0 Å². The molecule has 0 bridgehead atoms. The number of amides is 2. The van der Waals surface area contributed by atoms with E-state index in [1.807, 2.05) is 18.2 Å². The lowest BCUT2D eigenvalue weighted by Crippen LogP contribution is -2.45. The Morgan fingerprint density at radius 2 is 1.97 bits per heavy atom. The van der Waals surface area contributed by atoms with Crippen LogP contribution in [0, 0.1) is 5.92 Å². The summed E-state index contributed by atoms with van der Waals surface area (Å²) in [6.45, 7) is 2.17. The molecule has 2 atom stereocenters. The highest BCUT2D eigenvalue weighted by atomic mass is 16.2. The van der Waals surface area contributed by atoms with E-state index >= 15 is 0 Å². The molecule has 2 aromatic heterocycles. The van der Waals surface area contributed by atoms with Gasteiger partial charge in [0.15, 0.2) is 0 Å². The quantitative estimate of drug-likeness (QED) is 0.606. The summed E-state index contributed by atoms with van der Waals surface area (Å²) in [5, 5.41) is 6.07. The number of hydrogen-bond donors (Lipinski definition) is 3. The normalized spacial score (nSPS) is 21.8. The van der Waals surface area contributed by atoms with Gasteiger partial charge in [-0.2, -0.15) is 0 Å². The van der Waals surface area contributed by atoms with E-state index < -0.39 is 0 Å². The van der Waals surface area contributed by atoms with Crippen molar-refractivity contribution in [2.75, 3.05) is 13.1 Å². The molecule has 29 heavy (non-hydrogen) atoms. The maximum Gasteiger partial charge on any atom is 0.267 e. The molecular formula is C22H29N5O2. The number of H-pyrrole nitrogens is 1. The number of aromatic nitrogens is 2. The predicted molar refractivity (Wildman–Crippen MR) is 110 cm³/mol. The van der Waals surface area contributed by atoms with Crippen molar-refractivity contribution in [2.24, 2.45) is 5.92 Å². The minimum atomic E-state index is -0.0703. The lowest BCUT2D eigenvalue weighted by atomic mass is 10.1. The second kappa shape index (κ2) is 9.22. The van der Waals surface area contributed by atoms with Crippen LogP contribution in [0.3, 0.4) is 0 Å². The van der Waals surface area contributed by atoms with Crippen LogP contribution in [0.1, 0.15) is 48.2 Å². The molecule has 1 aliphatic carbocycles. The Morgan fingerprint density at radius 1 is 1.10 bits per heavy atom. The third kappa shape index (κ3) is 5.44. The summed E-state index contributed by atoms with van der Waals surface area (Å²) in [5.74, 6) is 0.755. The van der Waals surface area contributed by atoms with Gasteiger partial charge in [0.2, 0.25) is 5.91 Å². The number of aromatic amines is 1. The first-order valence-electron chi connectivity index (χ1n) is 10.5. The topological polar surface area (TPSA) is 90.1 Å². The molecule has 154 valence electrons. The van der Waals surface area contributed by atoms with E-state index in [1.165, 1.54) is 12.8 Å². The lowest BCUT2D eigenvalue weighted by Gasteiger charge is -2.30. The van der Waals surface area contributed by atoms with Gasteiger partial charge in [0.05, 0.1) is 0 Å². The summed E-state index contributed by atoms with van der Waals surface area (Å²) in [7, 11) is 0. The average Bonchev–Trinajstić information content (AvgIpc) is 3.23. The van der Waals surface area contributed by atoms with Crippen molar-refractivity contribution in [3.05, 3.63) is 54.1 Å². The Hall–Kier alpha value is -2.67. The SMILES string of the molecule is O=C(C[C@H]1CC[C@@H](CNC(=O)c2ccc[nH]2)N1CC1CC1)NCc1cccnc1. The van der Waals surface area contributed by atoms with Crippen LogP contribution in [-0.4, -0.2) is 51.9 Å². The molecule has 1 aliphatic heterocycles. The Kier molecular flexibility index (Phi) is 6.24. The van der Waals surface area contributed by atoms with E-state index in [4.69, 9.17) is 0 Å². The number of carbonyl (C=O) groups excluding carboxylic acids is 2. The molecule has 0 unspecified atom stereocenters. The standard InChI is InChI=1S/C22H29N5O2/c28-21(25-13-17-3-1-9-23-12-17)11-18-7-8-19(27(18)15-16-5-6-16)14-26-22(29)20-4-2-10-24-20/h1-4,9-10,12,16,18-19,24H,5-8,11,13-15H2,(H,25,28)(H,26,29)/t18-,19+/m1/s1. The molecule has 0 spiro atoms. The number of carbonyl (C=O) groups is 2. The number of pyridine rings is 1. The first-order valence-corrected chi connectivity index (χ1v) is 10.5. The summed E-state index contributed by atoms with van der Waals surface area (Å²) in [6, 6.07) is 7.99. The van der Waals surface area contributed by atoms with E-state index in [2.05, 4.69) is 25.5 Å². The smallest absolute Gasteiger partial charge is 0.267 e. The van der Waals surface area contributed by atoms with Crippen molar-refractivity contribution in [1.82, 2.24) is 25.5 Å². The highest BCUT2D eigenvalue weighted by molar-refractivity contribution is 5.92. The maximum absolute atomic E-state index is 12.5. The van der Waals surface area contributed by atoms with Gasteiger partial charge in [0.1, 0.15) is 5.69 Å². The number of nitrogens with one attached hydrogen (secondary N) is 3. The second-order valence-corrected chi connectivity index (χ2v) is 8.16. The molecule has 1 saturated heterocycles. The Balaban J connectivity index is 1.29. The second-order valence-electron chi connectivity index (χ2n) is 8.16. The van der Waals surface area contributed by atoms with Crippen molar-refractivity contribution in [3.63, 3.8) is 0 Å². The van der Waals surface area contributed by atoms with Gasteiger partial charge >= 0.3 is 0 Å². The van der Waals surface area contributed by atoms with Crippen LogP contribution >= 0.6 is 0 Å². The minimum Gasteiger partial charge on any atom is -0.357 e. The molecule has 3 heterocycles. The first kappa shape index (κ1) is 19.6. The number of rotatable bonds is 9. The van der Waals surface area contributed by atoms with E-state index in [9.17, 15) is 9.59 Å². The fourth-order valence-electron chi connectivity index (χ4n) is 4.12. The van der Waals surface area contributed by atoms with Crippen LogP contribution in [0.15, 0.2) is 42.9 Å². The zero-order chi connectivity index (χ0) is 20.1. The van der Waals surface area contributed by atoms with E-state index in [0.29, 0.717) is 31.2 Å². The molecule has 2 fully saturated rings. The molecule has 2 aliphatic rings. The molecule has 0 radical (unpaired) electrons. The van der Waals surface area contributed by atoms with Crippen LogP contribution in [0.4, 0.5) is 0 Å². The molecule has 7 heteroatoms. The third-order valence-electron chi connectivity index (χ3n) is 5.91. The van der Waals surface area contributed by atoms with Crippen molar-refractivity contribution in [3.8, 4) is 0 Å². The van der Waals surface area contributed by atoms with Gasteiger partial charge in [0.25, 0.3) is 5.91 Å². The van der Waals surface area contributed by atoms with E-state index in [0.717, 1.165) is 30.9 Å². The molecule has 3 N–H and O–H groups in total. The molecule has 2 amide bonds. The summed E-state index contributed by atoms with van der Waals surface area (Å²) >= 11 is 0. The molecule has 4 rings (SSSR count). The average molecular weight is 396 g/mol. The van der Waals surface area contributed by atoms with Crippen LogP contribution in [-0.2, 0) is 11.3 Å². The van der Waals surface area contributed by atoms with Gasteiger partial charge < -0.3 is 15.6 Å². The fourth-order valence-corrected chi connectivity index (χ4v) is 4.12. The largest absolute Gasteiger partial charge is 0.357 e. The molecule has 1 saturated carbocycles. The highest BCUT2D eigenvalue weighted by Crippen LogP contribution is 2.35. The van der Waals surface area contributed by atoms with Crippen molar-refractivity contribution >= 4 is 11.8 Å². The summed E-state index contributed by atoms with van der Waals surface area (Å²) in [6.07, 6.45) is 10.3. The predicted octanol–water partition coefficient (Wildman–Crippen LogP) is 2.09. The van der Waals surface area contributed by atoms with Crippen LogP contribution in [0.2, 0.25) is 0 Å². The molecular weight excluding hydrogens is 366 g/mol. The summed E-state index contributed by atoms with van der Waals surface area (Å²) in [5.41, 5.74) is 1.59. The van der Waals surface area contributed by atoms with E-state index in [-0.39, 0.29) is 17.9 Å². The third-order valence-corrected chi connectivity index (χ3v) is 5.91. The van der Waals surface area contributed by atoms with Gasteiger partial charge in [-0.1, -0.05) is 6.07 Å². The molecule has 0 aromatic carbocycles. The maximum atomic E-state index is 12.5. The highest BCUT2D eigenvalue weighted by Gasteiger charge is 2.38. The number of nitrogens with zero attached hydrogens (tertiary/aromatic N) is 2. The van der Waals surface area contributed by atoms with Gasteiger partial charge in [-0.3, -0.25) is 19.5 Å². The van der Waals surface area contributed by atoms with Crippen molar-refractivity contribution < 1.29 is 9.59 Å². The minimum absolute atomic E-state index is 0.0703. The number of hydrogen-bond acceptors (Lipinski definition) is 4. The fraction of sp³-hybridized carbons (Fsp3) is 0.500. The Bertz CT molecular complexity index is 804. The monoisotopic (exact) mass is 395 g/mol. The molecule has 2 aromatic rings. The van der Waals surface area contributed by atoms with Gasteiger partial charge in [-0.15, -0.1) is 0 Å². The van der Waals surface area contributed by atoms with Gasteiger partial charge in [-0.05, 0) is 55.4 Å². The van der Waals surface area contributed by atoms with Crippen LogP contribution in [0.25, 0.3) is 0 Å².